The molecule has 1 aromatic carbocycles. The van der Waals surface area contributed by atoms with E-state index in [0.29, 0.717) is 29.4 Å². The van der Waals surface area contributed by atoms with Crippen LogP contribution in [0.15, 0.2) is 49.1 Å². The minimum Gasteiger partial charge on any atom is -0.396 e. The van der Waals surface area contributed by atoms with E-state index in [-0.39, 0.29) is 12.3 Å². The van der Waals surface area contributed by atoms with Gasteiger partial charge in [0.1, 0.15) is 18.2 Å². The van der Waals surface area contributed by atoms with Crippen LogP contribution in [0.4, 0.5) is 11.6 Å². The summed E-state index contributed by atoms with van der Waals surface area (Å²) in [5.41, 5.74) is 6.56. The Kier molecular flexibility index (Phi) is 5.45. The first-order valence-electron chi connectivity index (χ1n) is 10.7. The first kappa shape index (κ1) is 21.2. The van der Waals surface area contributed by atoms with Gasteiger partial charge in [-0.05, 0) is 55.7 Å². The van der Waals surface area contributed by atoms with Gasteiger partial charge < -0.3 is 10.4 Å². The highest BCUT2D eigenvalue weighted by Crippen LogP contribution is 2.30. The Labute approximate surface area is 195 Å². The molecule has 0 aliphatic heterocycles. The highest BCUT2D eigenvalue weighted by Gasteiger charge is 2.19. The molecule has 0 unspecified atom stereocenters. The fourth-order valence-electron chi connectivity index (χ4n) is 3.81. The number of hydrogen-bond acceptors (Lipinski definition) is 8. The lowest BCUT2D eigenvalue weighted by Crippen LogP contribution is -2.03. The molecule has 0 saturated carbocycles. The second-order valence-electron chi connectivity index (χ2n) is 7.86. The molecule has 0 spiro atoms. The number of rotatable bonds is 6. The van der Waals surface area contributed by atoms with E-state index < -0.39 is 0 Å². The quantitative estimate of drug-likeness (QED) is 0.357. The summed E-state index contributed by atoms with van der Waals surface area (Å²) < 4.78 is 1.88. The number of hydrogen-bond donors (Lipinski definition) is 3. The Hall–Kier alpha value is -4.62. The minimum absolute atomic E-state index is 0.0265. The normalized spacial score (nSPS) is 11.0. The van der Waals surface area contributed by atoms with Crippen LogP contribution in [-0.4, -0.2) is 46.4 Å². The van der Waals surface area contributed by atoms with E-state index in [1.807, 2.05) is 48.7 Å². The lowest BCUT2D eigenvalue weighted by molar-refractivity contribution is 0.299. The summed E-state index contributed by atoms with van der Waals surface area (Å²) in [6.07, 6.45) is 5.64. The molecule has 10 heteroatoms. The van der Waals surface area contributed by atoms with Gasteiger partial charge in [-0.25, -0.2) is 19.9 Å². The van der Waals surface area contributed by atoms with Gasteiger partial charge in [-0.2, -0.15) is 10.4 Å². The topological polar surface area (TPSA) is 141 Å². The highest BCUT2D eigenvalue weighted by atomic mass is 16.2. The second-order valence-corrected chi connectivity index (χ2v) is 7.86. The van der Waals surface area contributed by atoms with Crippen LogP contribution in [0.3, 0.4) is 0 Å². The van der Waals surface area contributed by atoms with Gasteiger partial charge in [-0.15, -0.1) is 0 Å². The van der Waals surface area contributed by atoms with Crippen molar-refractivity contribution >= 4 is 22.7 Å². The van der Waals surface area contributed by atoms with Crippen LogP contribution in [0.5, 0.6) is 0 Å². The Morgan fingerprint density at radius 3 is 2.71 bits per heavy atom. The Morgan fingerprint density at radius 1 is 1.12 bits per heavy atom. The third kappa shape index (κ3) is 3.85. The molecule has 34 heavy (non-hydrogen) atoms. The van der Waals surface area contributed by atoms with E-state index in [0.717, 1.165) is 33.5 Å². The summed E-state index contributed by atoms with van der Waals surface area (Å²) in [6.45, 7) is 3.76. The number of aromatic nitrogens is 7. The van der Waals surface area contributed by atoms with E-state index in [2.05, 4.69) is 36.5 Å². The van der Waals surface area contributed by atoms with E-state index in [1.54, 1.807) is 18.7 Å². The van der Waals surface area contributed by atoms with Crippen molar-refractivity contribution in [2.75, 3.05) is 11.9 Å². The number of pyridine rings is 1. The van der Waals surface area contributed by atoms with Gasteiger partial charge in [-0.3, -0.25) is 9.67 Å². The second kappa shape index (κ2) is 8.73. The monoisotopic (exact) mass is 451 g/mol. The number of nitriles is 1. The Morgan fingerprint density at radius 2 is 1.94 bits per heavy atom. The third-order valence-electron chi connectivity index (χ3n) is 5.47. The molecule has 4 heterocycles. The van der Waals surface area contributed by atoms with Gasteiger partial charge in [0.2, 0.25) is 5.95 Å². The number of aryl methyl sites for hydroxylation is 2. The molecule has 0 saturated heterocycles. The van der Waals surface area contributed by atoms with Gasteiger partial charge in [0.05, 0.1) is 22.3 Å². The summed E-state index contributed by atoms with van der Waals surface area (Å²) in [7, 11) is 0. The molecular weight excluding hydrogens is 430 g/mol. The van der Waals surface area contributed by atoms with Crippen molar-refractivity contribution in [2.24, 2.45) is 0 Å². The molecule has 0 amide bonds. The minimum atomic E-state index is -0.0265. The van der Waals surface area contributed by atoms with Crippen LogP contribution in [0, 0.1) is 25.2 Å². The molecular formula is C24H21N9O. The molecule has 0 bridgehead atoms. The number of nitrogens with one attached hydrogen (secondary N) is 2. The number of aliphatic hydroxyl groups is 1. The SMILES string of the molecule is Cc1cnc(Nc2ccc3c(c2)ncn3-c2ccc(CCO)c(-c3c(C#N)n[nH]c3C)n2)nc1. The number of benzene rings is 1. The molecule has 0 aliphatic rings. The van der Waals surface area contributed by atoms with Crippen molar-refractivity contribution in [1.29, 1.82) is 5.26 Å². The summed E-state index contributed by atoms with van der Waals surface area (Å²) in [6, 6.07) is 11.7. The first-order valence-corrected chi connectivity index (χ1v) is 10.7. The third-order valence-corrected chi connectivity index (χ3v) is 5.47. The molecule has 0 fully saturated rings. The van der Waals surface area contributed by atoms with Gasteiger partial charge in [0.25, 0.3) is 0 Å². The predicted molar refractivity (Wildman–Crippen MR) is 127 cm³/mol. The zero-order valence-corrected chi connectivity index (χ0v) is 18.6. The fourth-order valence-corrected chi connectivity index (χ4v) is 3.81. The summed E-state index contributed by atoms with van der Waals surface area (Å²) in [5, 5.41) is 29.2. The zero-order chi connectivity index (χ0) is 23.7. The maximum Gasteiger partial charge on any atom is 0.227 e. The summed E-state index contributed by atoms with van der Waals surface area (Å²) >= 11 is 0. The summed E-state index contributed by atoms with van der Waals surface area (Å²) in [5.74, 6) is 1.16. The average Bonchev–Trinajstić information content (AvgIpc) is 3.44. The van der Waals surface area contributed by atoms with Crippen LogP contribution in [0.2, 0.25) is 0 Å². The fraction of sp³-hybridized carbons (Fsp3) is 0.167. The molecule has 5 aromatic rings. The average molecular weight is 451 g/mol. The molecule has 4 aromatic heterocycles. The molecule has 0 radical (unpaired) electrons. The van der Waals surface area contributed by atoms with E-state index in [1.165, 1.54) is 0 Å². The molecule has 10 nitrogen and oxygen atoms in total. The van der Waals surface area contributed by atoms with Crippen molar-refractivity contribution in [3.63, 3.8) is 0 Å². The first-order chi connectivity index (χ1) is 16.6. The van der Waals surface area contributed by atoms with Crippen molar-refractivity contribution in [3.05, 3.63) is 71.6 Å². The van der Waals surface area contributed by atoms with Crippen LogP contribution in [0.1, 0.15) is 22.5 Å². The van der Waals surface area contributed by atoms with Crippen LogP contribution < -0.4 is 5.32 Å². The number of imidazole rings is 1. The molecule has 0 aliphatic carbocycles. The van der Waals surface area contributed by atoms with Gasteiger partial charge in [-0.1, -0.05) is 6.07 Å². The maximum atomic E-state index is 9.53. The number of anilines is 2. The summed E-state index contributed by atoms with van der Waals surface area (Å²) in [4.78, 5) is 18.0. The van der Waals surface area contributed by atoms with Gasteiger partial charge in [0.15, 0.2) is 5.69 Å². The van der Waals surface area contributed by atoms with Crippen LogP contribution >= 0.6 is 0 Å². The number of nitrogens with zero attached hydrogens (tertiary/aromatic N) is 7. The number of fused-ring (bicyclic) bond motifs is 1. The van der Waals surface area contributed by atoms with Gasteiger partial charge >= 0.3 is 0 Å². The standard InChI is InChI=1S/C24H21N9O/c1-14-11-26-24(27-12-14)29-17-4-5-20-18(9-17)28-13-33(20)21-6-3-16(7-8-34)23(30-21)22-15(2)31-32-19(22)10-25/h3-6,9,11-13,34H,7-8H2,1-2H3,(H,31,32)(H,26,27,29). The molecule has 3 N–H and O–H groups in total. The van der Waals surface area contributed by atoms with Gasteiger partial charge in [0, 0.05) is 30.4 Å². The highest BCUT2D eigenvalue weighted by molar-refractivity contribution is 5.82. The van der Waals surface area contributed by atoms with Crippen LogP contribution in [-0.2, 0) is 6.42 Å². The van der Waals surface area contributed by atoms with E-state index in [4.69, 9.17) is 4.98 Å². The van der Waals surface area contributed by atoms with E-state index >= 15 is 0 Å². The Balaban J connectivity index is 1.55. The predicted octanol–water partition coefficient (Wildman–Crippen LogP) is 3.37. The Bertz CT molecular complexity index is 1530. The number of aromatic amines is 1. The zero-order valence-electron chi connectivity index (χ0n) is 18.6. The van der Waals surface area contributed by atoms with Crippen LogP contribution in [0.25, 0.3) is 28.1 Å². The maximum absolute atomic E-state index is 9.53. The van der Waals surface area contributed by atoms with Crippen molar-refractivity contribution in [2.45, 2.75) is 20.3 Å². The van der Waals surface area contributed by atoms with Crippen molar-refractivity contribution in [1.82, 2.24) is 34.7 Å². The molecule has 168 valence electrons. The smallest absolute Gasteiger partial charge is 0.227 e. The largest absolute Gasteiger partial charge is 0.396 e. The molecule has 0 atom stereocenters. The van der Waals surface area contributed by atoms with E-state index in [9.17, 15) is 10.4 Å². The molecule has 5 rings (SSSR count). The number of H-pyrrole nitrogens is 1. The number of aliphatic hydroxyl groups excluding tert-OH is 1. The van der Waals surface area contributed by atoms with Crippen molar-refractivity contribution in [3.8, 4) is 23.1 Å². The van der Waals surface area contributed by atoms with Crippen molar-refractivity contribution < 1.29 is 5.11 Å². The lowest BCUT2D eigenvalue weighted by atomic mass is 10.0. The lowest BCUT2D eigenvalue weighted by Gasteiger charge is -2.12.